The normalized spacial score (nSPS) is 11.1. The summed E-state index contributed by atoms with van der Waals surface area (Å²) in [5.41, 5.74) is 8.26. The van der Waals surface area contributed by atoms with Gasteiger partial charge in [-0.1, -0.05) is 0 Å². The third-order valence-corrected chi connectivity index (χ3v) is 3.77. The number of hydrogen-bond donors (Lipinski definition) is 2. The molecule has 0 saturated heterocycles. The smallest absolute Gasteiger partial charge is 0.155 e. The molecule has 0 aromatic carbocycles. The van der Waals surface area contributed by atoms with Crippen molar-refractivity contribution in [2.45, 2.75) is 6.54 Å². The van der Waals surface area contributed by atoms with Crippen molar-refractivity contribution in [2.75, 3.05) is 11.9 Å². The van der Waals surface area contributed by atoms with E-state index in [9.17, 15) is 0 Å². The topological polar surface area (TPSA) is 75.2 Å². The van der Waals surface area contributed by atoms with Crippen molar-refractivity contribution < 1.29 is 0 Å². The second-order valence-electron chi connectivity index (χ2n) is 4.14. The summed E-state index contributed by atoms with van der Waals surface area (Å²) >= 11 is 3.48. The minimum Gasteiger partial charge on any atom is -0.366 e. The van der Waals surface area contributed by atoms with Gasteiger partial charge in [0.25, 0.3) is 0 Å². The Morgan fingerprint density at radius 3 is 2.95 bits per heavy atom. The van der Waals surface area contributed by atoms with Gasteiger partial charge < -0.3 is 15.6 Å². The summed E-state index contributed by atoms with van der Waals surface area (Å²) in [7, 11) is 1.96. The second kappa shape index (κ2) is 4.67. The molecule has 0 radical (unpaired) electrons. The summed E-state index contributed by atoms with van der Waals surface area (Å²) in [5.74, 6) is 0.828. The lowest BCUT2D eigenvalue weighted by atomic mass is 10.4. The van der Waals surface area contributed by atoms with E-state index in [0.29, 0.717) is 6.54 Å². The molecule has 3 heterocycles. The molecule has 0 bridgehead atoms. The molecule has 3 aromatic rings. The number of H-pyrrole nitrogens is 1. The van der Waals surface area contributed by atoms with Crippen LogP contribution in [0, 0.1) is 0 Å². The van der Waals surface area contributed by atoms with Crippen molar-refractivity contribution in [2.24, 2.45) is 5.73 Å². The maximum atomic E-state index is 5.64. The first-order valence-corrected chi connectivity index (χ1v) is 6.60. The molecular weight excluding hydrogens is 308 g/mol. The van der Waals surface area contributed by atoms with E-state index in [1.165, 1.54) is 0 Å². The molecule has 3 aromatic heterocycles. The van der Waals surface area contributed by atoms with Crippen molar-refractivity contribution in [3.63, 3.8) is 0 Å². The highest BCUT2D eigenvalue weighted by atomic mass is 79.9. The molecular formula is C12H13BrN6. The van der Waals surface area contributed by atoms with Crippen molar-refractivity contribution in [3.05, 3.63) is 40.9 Å². The van der Waals surface area contributed by atoms with Crippen LogP contribution in [0.2, 0.25) is 0 Å². The predicted molar refractivity (Wildman–Crippen MR) is 77.4 cm³/mol. The van der Waals surface area contributed by atoms with E-state index >= 15 is 0 Å². The zero-order chi connectivity index (χ0) is 13.4. The lowest BCUT2D eigenvalue weighted by Gasteiger charge is -2.16. The highest BCUT2D eigenvalue weighted by Crippen LogP contribution is 2.23. The minimum absolute atomic E-state index is 0.382. The standard InChI is InChI=1S/C12H13BrN6/c1-18(8-4-5-15-7-8)11-3-2-10-16-9(6-14)12(13)19(10)17-11/h2-5,7,15H,6,14H2,1H3. The molecule has 0 saturated carbocycles. The average Bonchev–Trinajstić information content (AvgIpc) is 3.06. The van der Waals surface area contributed by atoms with Crippen molar-refractivity contribution in [1.29, 1.82) is 0 Å². The Labute approximate surface area is 118 Å². The second-order valence-corrected chi connectivity index (χ2v) is 4.89. The number of anilines is 2. The van der Waals surface area contributed by atoms with Gasteiger partial charge in [0.05, 0.1) is 11.4 Å². The third kappa shape index (κ3) is 2.00. The fraction of sp³-hybridized carbons (Fsp3) is 0.167. The molecule has 0 aliphatic rings. The summed E-state index contributed by atoms with van der Waals surface area (Å²) in [6.45, 7) is 0.382. The number of aromatic nitrogens is 4. The van der Waals surface area contributed by atoms with Crippen LogP contribution in [0.5, 0.6) is 0 Å². The maximum Gasteiger partial charge on any atom is 0.155 e. The number of fused-ring (bicyclic) bond motifs is 1. The lowest BCUT2D eigenvalue weighted by Crippen LogP contribution is -2.12. The van der Waals surface area contributed by atoms with Gasteiger partial charge in [-0.25, -0.2) is 9.50 Å². The Bertz CT molecular complexity index is 702. The molecule has 0 spiro atoms. The van der Waals surface area contributed by atoms with E-state index in [1.54, 1.807) is 4.52 Å². The van der Waals surface area contributed by atoms with Crippen LogP contribution in [-0.2, 0) is 6.54 Å². The van der Waals surface area contributed by atoms with Gasteiger partial charge in [0, 0.05) is 26.0 Å². The van der Waals surface area contributed by atoms with Crippen LogP contribution in [0.1, 0.15) is 5.69 Å². The monoisotopic (exact) mass is 320 g/mol. The van der Waals surface area contributed by atoms with E-state index in [1.807, 2.05) is 42.5 Å². The van der Waals surface area contributed by atoms with Gasteiger partial charge in [-0.2, -0.15) is 0 Å². The third-order valence-electron chi connectivity index (χ3n) is 2.98. The zero-order valence-electron chi connectivity index (χ0n) is 10.3. The number of hydrogen-bond acceptors (Lipinski definition) is 4. The molecule has 3 N–H and O–H groups in total. The fourth-order valence-corrected chi connectivity index (χ4v) is 2.42. The van der Waals surface area contributed by atoms with Crippen molar-refractivity contribution >= 4 is 33.1 Å². The van der Waals surface area contributed by atoms with E-state index in [0.717, 1.165) is 27.4 Å². The summed E-state index contributed by atoms with van der Waals surface area (Å²) in [4.78, 5) is 9.42. The molecule has 0 fully saturated rings. The van der Waals surface area contributed by atoms with Crippen LogP contribution < -0.4 is 10.6 Å². The molecule has 3 rings (SSSR count). The van der Waals surface area contributed by atoms with Gasteiger partial charge in [-0.05, 0) is 34.1 Å². The minimum atomic E-state index is 0.382. The molecule has 7 heteroatoms. The van der Waals surface area contributed by atoms with Crippen LogP contribution in [0.4, 0.5) is 11.5 Å². The van der Waals surface area contributed by atoms with Crippen LogP contribution in [0.3, 0.4) is 0 Å². The number of aromatic amines is 1. The quantitative estimate of drug-likeness (QED) is 0.774. The molecule has 6 nitrogen and oxygen atoms in total. The highest BCUT2D eigenvalue weighted by molar-refractivity contribution is 9.10. The maximum absolute atomic E-state index is 5.64. The molecule has 0 aliphatic carbocycles. The highest BCUT2D eigenvalue weighted by Gasteiger charge is 2.12. The van der Waals surface area contributed by atoms with Crippen LogP contribution in [0.15, 0.2) is 35.2 Å². The molecule has 19 heavy (non-hydrogen) atoms. The first-order valence-electron chi connectivity index (χ1n) is 5.81. The molecule has 0 unspecified atom stereocenters. The first-order chi connectivity index (χ1) is 9.20. The number of imidazole rings is 1. The van der Waals surface area contributed by atoms with Crippen LogP contribution in [0.25, 0.3) is 5.65 Å². The summed E-state index contributed by atoms with van der Waals surface area (Å²) < 4.78 is 2.55. The van der Waals surface area contributed by atoms with Gasteiger partial charge in [-0.15, -0.1) is 5.10 Å². The van der Waals surface area contributed by atoms with Gasteiger partial charge >= 0.3 is 0 Å². The Kier molecular flexibility index (Phi) is 3.00. The molecule has 0 amide bonds. The van der Waals surface area contributed by atoms with Gasteiger partial charge in [0.1, 0.15) is 4.60 Å². The van der Waals surface area contributed by atoms with Crippen LogP contribution >= 0.6 is 15.9 Å². The first kappa shape index (κ1) is 12.2. The Morgan fingerprint density at radius 1 is 1.42 bits per heavy atom. The zero-order valence-corrected chi connectivity index (χ0v) is 11.9. The Hall–Kier alpha value is -1.86. The average molecular weight is 321 g/mol. The summed E-state index contributed by atoms with van der Waals surface area (Å²) in [5, 5.41) is 4.56. The van der Waals surface area contributed by atoms with Crippen molar-refractivity contribution in [3.8, 4) is 0 Å². The summed E-state index contributed by atoms with van der Waals surface area (Å²) in [6.07, 6.45) is 3.80. The Balaban J connectivity index is 2.08. The number of nitrogens with zero attached hydrogens (tertiary/aromatic N) is 4. The number of nitrogens with two attached hydrogens (primary N) is 1. The molecule has 98 valence electrons. The molecule has 0 aliphatic heterocycles. The van der Waals surface area contributed by atoms with E-state index < -0.39 is 0 Å². The largest absolute Gasteiger partial charge is 0.366 e. The van der Waals surface area contributed by atoms with E-state index in [2.05, 4.69) is 31.0 Å². The Morgan fingerprint density at radius 2 is 2.26 bits per heavy atom. The van der Waals surface area contributed by atoms with Crippen molar-refractivity contribution in [1.82, 2.24) is 19.6 Å². The van der Waals surface area contributed by atoms with Gasteiger partial charge in [0.15, 0.2) is 11.5 Å². The SMILES string of the molecule is CN(c1cc[nH]c1)c1ccc2nc(CN)c(Br)n2n1. The predicted octanol–water partition coefficient (Wildman–Crippen LogP) is 2.05. The van der Waals surface area contributed by atoms with E-state index in [4.69, 9.17) is 5.73 Å². The van der Waals surface area contributed by atoms with Gasteiger partial charge in [-0.3, -0.25) is 0 Å². The number of nitrogens with one attached hydrogen (secondary N) is 1. The number of halogens is 1. The summed E-state index contributed by atoms with van der Waals surface area (Å²) in [6, 6.07) is 5.84. The van der Waals surface area contributed by atoms with Crippen LogP contribution in [-0.4, -0.2) is 26.6 Å². The van der Waals surface area contributed by atoms with Gasteiger partial charge in [0.2, 0.25) is 0 Å². The van der Waals surface area contributed by atoms with E-state index in [-0.39, 0.29) is 0 Å². The lowest BCUT2D eigenvalue weighted by molar-refractivity contribution is 0.889. The molecule has 0 atom stereocenters. The number of rotatable bonds is 3. The fourth-order valence-electron chi connectivity index (χ4n) is 1.91.